The Kier molecular flexibility index (Phi) is 5.44. The van der Waals surface area contributed by atoms with Crippen LogP contribution in [0.3, 0.4) is 0 Å². The molecule has 4 unspecified atom stereocenters. The van der Waals surface area contributed by atoms with Crippen LogP contribution in [-0.2, 0) is 0 Å². The molecule has 0 aromatic heterocycles. The molecule has 1 aliphatic rings. The molecule has 0 amide bonds. The number of halogens is 1. The fraction of sp³-hybridized carbons (Fsp3) is 0.625. The average molecular weight is 297 g/mol. The minimum atomic E-state index is -0.252. The first-order chi connectivity index (χ1) is 9.52. The highest BCUT2D eigenvalue weighted by Crippen LogP contribution is 2.32. The number of nitrogens with zero attached hydrogens (tertiary/aromatic N) is 1. The molecule has 0 aliphatic carbocycles. The van der Waals surface area contributed by atoms with Gasteiger partial charge in [0.15, 0.2) is 0 Å². The lowest BCUT2D eigenvalue weighted by Crippen LogP contribution is -2.40. The van der Waals surface area contributed by atoms with Gasteiger partial charge in [0.1, 0.15) is 0 Å². The Morgan fingerprint density at radius 2 is 2.25 bits per heavy atom. The molecule has 0 spiro atoms. The second-order valence-corrected chi connectivity index (χ2v) is 6.29. The van der Waals surface area contributed by atoms with Gasteiger partial charge in [-0.1, -0.05) is 30.7 Å². The predicted octanol–water partition coefficient (Wildman–Crippen LogP) is 2.82. The first-order valence-electron chi connectivity index (χ1n) is 7.46. The molecule has 1 aliphatic heterocycles. The molecule has 1 saturated heterocycles. The summed E-state index contributed by atoms with van der Waals surface area (Å²) in [5.41, 5.74) is 7.53. The van der Waals surface area contributed by atoms with E-state index < -0.39 is 0 Å². The number of likely N-dealkylation sites (tertiary alicyclic amines) is 1. The molecule has 20 heavy (non-hydrogen) atoms. The Morgan fingerprint density at radius 1 is 1.50 bits per heavy atom. The number of rotatable bonds is 5. The largest absolute Gasteiger partial charge is 0.393 e. The first-order valence-corrected chi connectivity index (χ1v) is 7.84. The van der Waals surface area contributed by atoms with Crippen molar-refractivity contribution in [2.75, 3.05) is 13.1 Å². The third kappa shape index (κ3) is 3.53. The van der Waals surface area contributed by atoms with Crippen LogP contribution in [0, 0.1) is 5.92 Å². The summed E-state index contributed by atoms with van der Waals surface area (Å²) in [5, 5.41) is 10.5. The van der Waals surface area contributed by atoms with Crippen molar-refractivity contribution in [3.63, 3.8) is 0 Å². The summed E-state index contributed by atoms with van der Waals surface area (Å²) in [4.78, 5) is 2.40. The maximum absolute atomic E-state index is 9.78. The number of hydrogen-bond acceptors (Lipinski definition) is 3. The molecule has 3 N–H and O–H groups in total. The molecule has 0 radical (unpaired) electrons. The van der Waals surface area contributed by atoms with Gasteiger partial charge in [0.05, 0.1) is 6.10 Å². The molecule has 1 heterocycles. The van der Waals surface area contributed by atoms with E-state index in [9.17, 15) is 5.11 Å². The highest BCUT2D eigenvalue weighted by atomic mass is 35.5. The van der Waals surface area contributed by atoms with E-state index in [4.69, 9.17) is 17.3 Å². The second kappa shape index (κ2) is 6.90. The topological polar surface area (TPSA) is 49.5 Å². The van der Waals surface area contributed by atoms with Crippen LogP contribution in [0.15, 0.2) is 24.3 Å². The molecule has 1 aromatic carbocycles. The zero-order chi connectivity index (χ0) is 14.7. The van der Waals surface area contributed by atoms with Gasteiger partial charge in [0, 0.05) is 23.7 Å². The van der Waals surface area contributed by atoms with Gasteiger partial charge in [0.25, 0.3) is 0 Å². The molecular formula is C16H25ClN2O. The van der Waals surface area contributed by atoms with E-state index >= 15 is 0 Å². The average Bonchev–Trinajstić information content (AvgIpc) is 2.88. The molecule has 1 aromatic rings. The summed E-state index contributed by atoms with van der Waals surface area (Å²) >= 11 is 6.12. The van der Waals surface area contributed by atoms with Gasteiger partial charge >= 0.3 is 0 Å². The van der Waals surface area contributed by atoms with Crippen molar-refractivity contribution in [1.29, 1.82) is 0 Å². The van der Waals surface area contributed by atoms with Gasteiger partial charge in [-0.15, -0.1) is 0 Å². The van der Waals surface area contributed by atoms with Crippen molar-refractivity contribution in [2.45, 2.75) is 44.9 Å². The molecule has 0 bridgehead atoms. The number of nitrogens with two attached hydrogens (primary N) is 1. The molecule has 0 saturated carbocycles. The van der Waals surface area contributed by atoms with E-state index in [1.54, 1.807) is 0 Å². The number of benzene rings is 1. The van der Waals surface area contributed by atoms with Crippen LogP contribution >= 0.6 is 11.6 Å². The van der Waals surface area contributed by atoms with Crippen molar-refractivity contribution < 1.29 is 5.11 Å². The summed E-state index contributed by atoms with van der Waals surface area (Å²) in [6.07, 6.45) is 1.70. The molecule has 112 valence electrons. The Balaban J connectivity index is 2.21. The van der Waals surface area contributed by atoms with E-state index in [0.717, 1.165) is 31.0 Å². The summed E-state index contributed by atoms with van der Waals surface area (Å²) in [5.74, 6) is 0.348. The third-order valence-electron chi connectivity index (χ3n) is 4.40. The maximum atomic E-state index is 9.78. The summed E-state index contributed by atoms with van der Waals surface area (Å²) in [6.45, 7) is 5.88. The molecular weight excluding hydrogens is 272 g/mol. The lowest BCUT2D eigenvalue weighted by molar-refractivity contribution is 0.118. The smallest absolute Gasteiger partial charge is 0.0552 e. The fourth-order valence-electron chi connectivity index (χ4n) is 3.10. The van der Waals surface area contributed by atoms with E-state index in [-0.39, 0.29) is 18.2 Å². The Labute approximate surface area is 126 Å². The van der Waals surface area contributed by atoms with Gasteiger partial charge < -0.3 is 10.8 Å². The lowest BCUT2D eigenvalue weighted by atomic mass is 9.96. The Hall–Kier alpha value is -0.610. The highest BCUT2D eigenvalue weighted by Gasteiger charge is 2.33. The van der Waals surface area contributed by atoms with E-state index in [2.05, 4.69) is 17.9 Å². The van der Waals surface area contributed by atoms with Crippen molar-refractivity contribution in [1.82, 2.24) is 4.90 Å². The van der Waals surface area contributed by atoms with E-state index in [1.165, 1.54) is 5.56 Å². The summed E-state index contributed by atoms with van der Waals surface area (Å²) in [7, 11) is 0. The standard InChI is InChI=1S/C16H25ClN2O/c1-3-15(18)16(12-5-4-6-14(17)9-12)19-8-7-13(10-19)11(2)20/h4-6,9,11,13,15-16,20H,3,7-8,10,18H2,1-2H3. The number of hydrogen-bond donors (Lipinski definition) is 2. The first kappa shape index (κ1) is 15.8. The zero-order valence-electron chi connectivity index (χ0n) is 12.3. The van der Waals surface area contributed by atoms with Gasteiger partial charge in [-0.05, 0) is 49.9 Å². The molecule has 4 heteroatoms. The van der Waals surface area contributed by atoms with Crippen LogP contribution in [0.2, 0.25) is 5.02 Å². The normalized spacial score (nSPS) is 24.6. The van der Waals surface area contributed by atoms with Crippen LogP contribution in [0.1, 0.15) is 38.3 Å². The highest BCUT2D eigenvalue weighted by molar-refractivity contribution is 6.30. The molecule has 3 nitrogen and oxygen atoms in total. The molecule has 2 rings (SSSR count). The van der Waals surface area contributed by atoms with Crippen molar-refractivity contribution >= 4 is 11.6 Å². The van der Waals surface area contributed by atoms with E-state index in [1.807, 2.05) is 25.1 Å². The van der Waals surface area contributed by atoms with Gasteiger partial charge in [-0.2, -0.15) is 0 Å². The summed E-state index contributed by atoms with van der Waals surface area (Å²) in [6, 6.07) is 8.25. The van der Waals surface area contributed by atoms with Crippen molar-refractivity contribution in [3.05, 3.63) is 34.9 Å². The Bertz CT molecular complexity index is 438. The van der Waals surface area contributed by atoms with Gasteiger partial charge in [0.2, 0.25) is 0 Å². The lowest BCUT2D eigenvalue weighted by Gasteiger charge is -2.33. The number of aliphatic hydroxyl groups is 1. The van der Waals surface area contributed by atoms with Crippen LogP contribution in [0.5, 0.6) is 0 Å². The Morgan fingerprint density at radius 3 is 2.80 bits per heavy atom. The van der Waals surface area contributed by atoms with Crippen molar-refractivity contribution in [2.24, 2.45) is 11.7 Å². The van der Waals surface area contributed by atoms with Crippen molar-refractivity contribution in [3.8, 4) is 0 Å². The third-order valence-corrected chi connectivity index (χ3v) is 4.63. The van der Waals surface area contributed by atoms with Gasteiger partial charge in [-0.25, -0.2) is 0 Å². The molecule has 4 atom stereocenters. The van der Waals surface area contributed by atoms with Crippen LogP contribution in [0.25, 0.3) is 0 Å². The van der Waals surface area contributed by atoms with Gasteiger partial charge in [-0.3, -0.25) is 4.90 Å². The SMILES string of the molecule is CCC(N)C(c1cccc(Cl)c1)N1CCC(C(C)O)C1. The quantitative estimate of drug-likeness (QED) is 0.878. The second-order valence-electron chi connectivity index (χ2n) is 5.86. The van der Waals surface area contributed by atoms with Crippen LogP contribution < -0.4 is 5.73 Å². The number of aliphatic hydroxyl groups excluding tert-OH is 1. The molecule has 1 fully saturated rings. The fourth-order valence-corrected chi connectivity index (χ4v) is 3.30. The van der Waals surface area contributed by atoms with Crippen LogP contribution in [0.4, 0.5) is 0 Å². The predicted molar refractivity (Wildman–Crippen MR) is 83.8 cm³/mol. The minimum absolute atomic E-state index is 0.0845. The summed E-state index contributed by atoms with van der Waals surface area (Å²) < 4.78 is 0. The zero-order valence-corrected chi connectivity index (χ0v) is 13.1. The maximum Gasteiger partial charge on any atom is 0.0552 e. The van der Waals surface area contributed by atoms with E-state index in [0.29, 0.717) is 5.92 Å². The minimum Gasteiger partial charge on any atom is -0.393 e. The monoisotopic (exact) mass is 296 g/mol. The van der Waals surface area contributed by atoms with Crippen LogP contribution in [-0.4, -0.2) is 35.2 Å².